The Balaban J connectivity index is 1.62. The largest absolute Gasteiger partial charge is 0.330 e. The fourth-order valence-corrected chi connectivity index (χ4v) is 5.66. The number of hydrogen-bond donors (Lipinski definition) is 0. The van der Waals surface area contributed by atoms with Gasteiger partial charge in [-0.05, 0) is 63.0 Å². The molecule has 3 aromatic rings. The summed E-state index contributed by atoms with van der Waals surface area (Å²) in [5, 5.41) is 2.11. The molecule has 0 radical (unpaired) electrons. The van der Waals surface area contributed by atoms with Crippen LogP contribution in [0.5, 0.6) is 0 Å². The molecule has 2 amide bonds. The fourth-order valence-electron chi connectivity index (χ4n) is 4.30. The van der Waals surface area contributed by atoms with Gasteiger partial charge in [0.1, 0.15) is 6.54 Å². The lowest BCUT2D eigenvalue weighted by Crippen LogP contribution is -2.47. The highest BCUT2D eigenvalue weighted by atomic mass is 79.9. The summed E-state index contributed by atoms with van der Waals surface area (Å²) in [5.41, 5.74) is 2.89. The lowest BCUT2D eigenvalue weighted by atomic mass is 9.93. The Kier molecular flexibility index (Phi) is 7.11. The van der Waals surface area contributed by atoms with Crippen LogP contribution in [0.15, 0.2) is 70.5 Å². The number of halogens is 1. The Morgan fingerprint density at radius 3 is 2.53 bits per heavy atom. The molecule has 0 saturated carbocycles. The van der Waals surface area contributed by atoms with E-state index in [9.17, 15) is 9.59 Å². The van der Waals surface area contributed by atoms with Gasteiger partial charge in [0.25, 0.3) is 5.91 Å². The molecule has 4 nitrogen and oxygen atoms in total. The first-order chi connectivity index (χ1) is 15.5. The number of benzene rings is 2. The Morgan fingerprint density at radius 2 is 1.81 bits per heavy atom. The van der Waals surface area contributed by atoms with Gasteiger partial charge < -0.3 is 9.80 Å². The van der Waals surface area contributed by atoms with Crippen molar-refractivity contribution in [3.05, 3.63) is 92.1 Å². The molecule has 1 aromatic heterocycles. The molecule has 4 rings (SSSR count). The van der Waals surface area contributed by atoms with Crippen molar-refractivity contribution >= 4 is 39.1 Å². The van der Waals surface area contributed by atoms with Crippen molar-refractivity contribution in [3.8, 4) is 0 Å². The van der Waals surface area contributed by atoms with Crippen LogP contribution in [-0.4, -0.2) is 41.2 Å². The Hall–Kier alpha value is -2.44. The van der Waals surface area contributed by atoms with Crippen LogP contribution in [0.2, 0.25) is 0 Å². The van der Waals surface area contributed by atoms with Gasteiger partial charge in [0.05, 0.1) is 11.6 Å². The molecule has 166 valence electrons. The fraction of sp³-hybridized carbons (Fsp3) is 0.308. The molecular weight excluding hydrogens is 484 g/mol. The maximum atomic E-state index is 13.6. The third kappa shape index (κ3) is 4.81. The molecule has 0 bridgehead atoms. The molecule has 0 N–H and O–H groups in total. The summed E-state index contributed by atoms with van der Waals surface area (Å²) in [6.07, 6.45) is 0.852. The van der Waals surface area contributed by atoms with Crippen molar-refractivity contribution in [3.63, 3.8) is 0 Å². The van der Waals surface area contributed by atoms with E-state index in [1.54, 1.807) is 22.3 Å². The predicted octanol–water partition coefficient (Wildman–Crippen LogP) is 5.78. The smallest absolute Gasteiger partial charge is 0.255 e. The van der Waals surface area contributed by atoms with Crippen molar-refractivity contribution in [1.29, 1.82) is 0 Å². The number of fused-ring (bicyclic) bond motifs is 1. The number of carbonyl (C=O) groups excluding carboxylic acids is 2. The maximum absolute atomic E-state index is 13.6. The summed E-state index contributed by atoms with van der Waals surface area (Å²) >= 11 is 5.24. The Morgan fingerprint density at radius 1 is 1.09 bits per heavy atom. The van der Waals surface area contributed by atoms with Gasteiger partial charge in [0.2, 0.25) is 5.91 Å². The van der Waals surface area contributed by atoms with Crippen LogP contribution in [0.1, 0.15) is 46.3 Å². The second kappa shape index (κ2) is 10.0. The number of carbonyl (C=O) groups is 2. The lowest BCUT2D eigenvalue weighted by Gasteiger charge is -2.38. The second-order valence-electron chi connectivity index (χ2n) is 8.51. The molecule has 1 atom stereocenters. The minimum Gasteiger partial charge on any atom is -0.330 e. The highest BCUT2D eigenvalue weighted by molar-refractivity contribution is 9.10. The van der Waals surface area contributed by atoms with E-state index in [-0.39, 0.29) is 30.3 Å². The average Bonchev–Trinajstić information content (AvgIpc) is 3.27. The zero-order chi connectivity index (χ0) is 22.7. The third-order valence-corrected chi connectivity index (χ3v) is 7.39. The van der Waals surface area contributed by atoms with Crippen LogP contribution in [0.4, 0.5) is 0 Å². The third-order valence-electron chi connectivity index (χ3n) is 5.70. The van der Waals surface area contributed by atoms with Gasteiger partial charge in [-0.1, -0.05) is 56.3 Å². The van der Waals surface area contributed by atoms with E-state index in [2.05, 4.69) is 53.4 Å². The Bertz CT molecular complexity index is 1100. The highest BCUT2D eigenvalue weighted by Crippen LogP contribution is 2.37. The van der Waals surface area contributed by atoms with Gasteiger partial charge >= 0.3 is 0 Å². The number of thiophene rings is 1. The molecule has 32 heavy (non-hydrogen) atoms. The van der Waals surface area contributed by atoms with Crippen LogP contribution in [-0.2, 0) is 11.2 Å². The van der Waals surface area contributed by atoms with Crippen LogP contribution in [0.25, 0.3) is 0 Å². The van der Waals surface area contributed by atoms with Gasteiger partial charge in [-0.2, -0.15) is 0 Å². The minimum absolute atomic E-state index is 0.0169. The molecule has 1 aliphatic heterocycles. The summed E-state index contributed by atoms with van der Waals surface area (Å²) in [6, 6.07) is 19.6. The molecule has 0 saturated heterocycles. The number of nitrogens with zero attached hydrogens (tertiary/aromatic N) is 2. The quantitative estimate of drug-likeness (QED) is 0.421. The van der Waals surface area contributed by atoms with Gasteiger partial charge in [-0.15, -0.1) is 11.3 Å². The van der Waals surface area contributed by atoms with Crippen LogP contribution >= 0.6 is 27.3 Å². The maximum Gasteiger partial charge on any atom is 0.255 e. The standard InChI is InChI=1S/C26H27BrN2O2S/c1-18(2)16-28(26(31)20-10-6-7-11-22(20)27)17-24(30)29-14-12-23-21(13-15-32-23)25(29)19-8-4-3-5-9-19/h3-11,13,15,18,25H,12,14,16-17H2,1-2H3. The topological polar surface area (TPSA) is 40.6 Å². The average molecular weight is 511 g/mol. The van der Waals surface area contributed by atoms with Crippen molar-refractivity contribution in [2.45, 2.75) is 26.3 Å². The first-order valence-electron chi connectivity index (χ1n) is 10.9. The van der Waals surface area contributed by atoms with E-state index in [1.165, 1.54) is 10.4 Å². The molecule has 0 fully saturated rings. The van der Waals surface area contributed by atoms with E-state index in [0.29, 0.717) is 18.7 Å². The predicted molar refractivity (Wildman–Crippen MR) is 133 cm³/mol. The van der Waals surface area contributed by atoms with E-state index >= 15 is 0 Å². The molecule has 6 heteroatoms. The molecule has 0 aliphatic carbocycles. The highest BCUT2D eigenvalue weighted by Gasteiger charge is 2.34. The van der Waals surface area contributed by atoms with Gasteiger partial charge in [0.15, 0.2) is 0 Å². The van der Waals surface area contributed by atoms with Crippen LogP contribution < -0.4 is 0 Å². The summed E-state index contributed by atoms with van der Waals surface area (Å²) in [6.45, 7) is 5.39. The molecule has 0 spiro atoms. The lowest BCUT2D eigenvalue weighted by molar-refractivity contribution is -0.134. The van der Waals surface area contributed by atoms with E-state index < -0.39 is 0 Å². The summed E-state index contributed by atoms with van der Waals surface area (Å²) in [7, 11) is 0. The molecule has 2 heterocycles. The van der Waals surface area contributed by atoms with E-state index in [4.69, 9.17) is 0 Å². The zero-order valence-electron chi connectivity index (χ0n) is 18.3. The van der Waals surface area contributed by atoms with Gasteiger partial charge in [0, 0.05) is 22.4 Å². The molecule has 1 aliphatic rings. The number of rotatable bonds is 6. The second-order valence-corrected chi connectivity index (χ2v) is 10.4. The van der Waals surface area contributed by atoms with Crippen molar-refractivity contribution in [1.82, 2.24) is 9.80 Å². The van der Waals surface area contributed by atoms with E-state index in [0.717, 1.165) is 16.5 Å². The first-order valence-corrected chi connectivity index (χ1v) is 12.6. The summed E-state index contributed by atoms with van der Waals surface area (Å²) in [4.78, 5) is 32.0. The zero-order valence-corrected chi connectivity index (χ0v) is 20.7. The van der Waals surface area contributed by atoms with Gasteiger partial charge in [-0.25, -0.2) is 0 Å². The van der Waals surface area contributed by atoms with Crippen LogP contribution in [0, 0.1) is 5.92 Å². The SMILES string of the molecule is CC(C)CN(CC(=O)N1CCc2sccc2C1c1ccccc1)C(=O)c1ccccc1Br. The van der Waals surface area contributed by atoms with Crippen molar-refractivity contribution in [2.75, 3.05) is 19.6 Å². The van der Waals surface area contributed by atoms with Crippen molar-refractivity contribution < 1.29 is 9.59 Å². The molecule has 1 unspecified atom stereocenters. The molecular formula is C26H27BrN2O2S. The van der Waals surface area contributed by atoms with E-state index in [1.807, 2.05) is 41.3 Å². The summed E-state index contributed by atoms with van der Waals surface area (Å²) in [5.74, 6) is 0.116. The molecule has 2 aromatic carbocycles. The van der Waals surface area contributed by atoms with Gasteiger partial charge in [-0.3, -0.25) is 9.59 Å². The first kappa shape index (κ1) is 22.7. The minimum atomic E-state index is -0.121. The van der Waals surface area contributed by atoms with Crippen LogP contribution in [0.3, 0.4) is 0 Å². The monoisotopic (exact) mass is 510 g/mol. The Labute approximate surface area is 202 Å². The number of hydrogen-bond acceptors (Lipinski definition) is 3. The summed E-state index contributed by atoms with van der Waals surface area (Å²) < 4.78 is 0.745. The normalized spacial score (nSPS) is 15.5. The van der Waals surface area contributed by atoms with Crippen molar-refractivity contribution in [2.24, 2.45) is 5.92 Å². The number of amides is 2.